The van der Waals surface area contributed by atoms with Crippen molar-refractivity contribution in [2.45, 2.75) is 6.92 Å². The first kappa shape index (κ1) is 13.2. The number of halogens is 2. The molecule has 2 rings (SSSR count). The second-order valence-corrected chi connectivity index (χ2v) is 4.98. The molecule has 0 saturated heterocycles. The molecule has 0 saturated carbocycles. The van der Waals surface area contributed by atoms with Crippen LogP contribution in [-0.4, -0.2) is 24.6 Å². The van der Waals surface area contributed by atoms with Crippen molar-refractivity contribution in [3.8, 4) is 0 Å². The average Bonchev–Trinajstić information content (AvgIpc) is 2.30. The molecule has 0 bridgehead atoms. The maximum atomic E-state index is 12.2. The summed E-state index contributed by atoms with van der Waals surface area (Å²) in [4.78, 5) is 27.8. The van der Waals surface area contributed by atoms with Crippen LogP contribution in [0.1, 0.15) is 17.3 Å². The van der Waals surface area contributed by atoms with Gasteiger partial charge in [0, 0.05) is 16.3 Å². The number of rotatable bonds is 2. The van der Waals surface area contributed by atoms with Gasteiger partial charge >= 0.3 is 5.97 Å². The van der Waals surface area contributed by atoms with Crippen molar-refractivity contribution >= 4 is 51.2 Å². The number of fused-ring (bicyclic) bond motifs is 1. The molecule has 0 aliphatic carbocycles. The molecule has 0 fully saturated rings. The van der Waals surface area contributed by atoms with Gasteiger partial charge in [0.1, 0.15) is 0 Å². The lowest BCUT2D eigenvalue weighted by Crippen LogP contribution is -2.29. The third kappa shape index (κ3) is 2.33. The highest BCUT2D eigenvalue weighted by Gasteiger charge is 2.32. The first-order valence-corrected chi connectivity index (χ1v) is 6.45. The van der Waals surface area contributed by atoms with E-state index < -0.39 is 11.9 Å². The van der Waals surface area contributed by atoms with E-state index in [2.05, 4.69) is 20.9 Å². The Morgan fingerprint density at radius 3 is 2.94 bits per heavy atom. The Morgan fingerprint density at radius 2 is 2.28 bits per heavy atom. The van der Waals surface area contributed by atoms with Crippen molar-refractivity contribution < 1.29 is 14.3 Å². The van der Waals surface area contributed by atoms with E-state index in [4.69, 9.17) is 16.3 Å². The third-order valence-corrected chi connectivity index (χ3v) is 3.22. The fourth-order valence-corrected chi connectivity index (χ4v) is 2.53. The summed E-state index contributed by atoms with van der Waals surface area (Å²) in [5.41, 5.74) is 0.723. The fourth-order valence-electron chi connectivity index (χ4n) is 1.67. The van der Waals surface area contributed by atoms with Crippen LogP contribution in [0.25, 0.3) is 0 Å². The number of carbonyl (C=O) groups excluding carboxylic acids is 2. The number of benzene rings is 1. The van der Waals surface area contributed by atoms with Crippen molar-refractivity contribution in [1.29, 1.82) is 0 Å². The minimum absolute atomic E-state index is 0.225. The molecule has 1 aliphatic heterocycles. The number of Topliss-reactive ketones (excluding diaryl/α,β-unsaturated/α-hetero) is 1. The number of ketones is 1. The Balaban J connectivity index is 2.43. The lowest BCUT2D eigenvalue weighted by Gasteiger charge is -2.17. The topological polar surface area (TPSA) is 55.7 Å². The molecule has 1 aliphatic rings. The van der Waals surface area contributed by atoms with Crippen LogP contribution < -0.4 is 0 Å². The summed E-state index contributed by atoms with van der Waals surface area (Å²) in [6, 6.07) is 3.25. The zero-order valence-corrected chi connectivity index (χ0v) is 11.8. The number of hydrogen-bond donors (Lipinski definition) is 0. The molecule has 1 aromatic carbocycles. The van der Waals surface area contributed by atoms with E-state index in [1.807, 2.05) is 0 Å². The number of hydrogen-bond acceptors (Lipinski definition) is 4. The van der Waals surface area contributed by atoms with Gasteiger partial charge in [-0.15, -0.1) is 0 Å². The molecule has 94 valence electrons. The van der Waals surface area contributed by atoms with Gasteiger partial charge < -0.3 is 4.74 Å². The fraction of sp³-hybridized carbons (Fsp3) is 0.250. The molecular formula is C12H9BrClNO3. The normalized spacial score (nSPS) is 17.5. The van der Waals surface area contributed by atoms with Crippen LogP contribution in [0.2, 0.25) is 5.02 Å². The number of aliphatic imine (C=N–C) groups is 1. The van der Waals surface area contributed by atoms with Gasteiger partial charge in [-0.3, -0.25) is 14.6 Å². The van der Waals surface area contributed by atoms with Gasteiger partial charge in [0.15, 0.2) is 11.7 Å². The molecule has 1 heterocycles. The average molecular weight is 331 g/mol. The van der Waals surface area contributed by atoms with Crippen molar-refractivity contribution in [2.75, 3.05) is 6.61 Å². The summed E-state index contributed by atoms with van der Waals surface area (Å²) in [7, 11) is 0. The third-order valence-electron chi connectivity index (χ3n) is 2.47. The smallest absolute Gasteiger partial charge is 0.322 e. The number of esters is 1. The molecule has 0 amide bonds. The minimum atomic E-state index is -0.984. The summed E-state index contributed by atoms with van der Waals surface area (Å²) in [6.07, 6.45) is 1.28. The lowest BCUT2D eigenvalue weighted by atomic mass is 9.95. The zero-order chi connectivity index (χ0) is 13.3. The SMILES string of the molecule is CCOC(=O)C1C=Nc2c(Cl)cc(Br)cc2C1=O. The molecule has 4 nitrogen and oxygen atoms in total. The first-order valence-electron chi connectivity index (χ1n) is 5.28. The summed E-state index contributed by atoms with van der Waals surface area (Å²) in [6.45, 7) is 1.91. The van der Waals surface area contributed by atoms with E-state index in [0.29, 0.717) is 20.7 Å². The predicted molar refractivity (Wildman–Crippen MR) is 71.8 cm³/mol. The molecule has 1 aromatic rings. The van der Waals surface area contributed by atoms with Gasteiger partial charge in [-0.2, -0.15) is 0 Å². The predicted octanol–water partition coefficient (Wildman–Crippen LogP) is 3.18. The van der Waals surface area contributed by atoms with Crippen LogP contribution in [-0.2, 0) is 9.53 Å². The van der Waals surface area contributed by atoms with E-state index in [0.717, 1.165) is 0 Å². The van der Waals surface area contributed by atoms with Crippen LogP contribution in [0.3, 0.4) is 0 Å². The van der Waals surface area contributed by atoms with Gasteiger partial charge in [0.25, 0.3) is 0 Å². The van der Waals surface area contributed by atoms with Crippen molar-refractivity contribution in [2.24, 2.45) is 10.9 Å². The second-order valence-electron chi connectivity index (χ2n) is 3.66. The van der Waals surface area contributed by atoms with Gasteiger partial charge in [0.05, 0.1) is 17.3 Å². The maximum absolute atomic E-state index is 12.2. The van der Waals surface area contributed by atoms with E-state index in [1.165, 1.54) is 6.21 Å². The number of ether oxygens (including phenoxy) is 1. The van der Waals surface area contributed by atoms with Crippen LogP contribution in [0.4, 0.5) is 5.69 Å². The molecule has 0 N–H and O–H groups in total. The molecule has 18 heavy (non-hydrogen) atoms. The largest absolute Gasteiger partial charge is 0.465 e. The Bertz CT molecular complexity index is 556. The Hall–Kier alpha value is -1.20. The number of nitrogens with zero attached hydrogens (tertiary/aromatic N) is 1. The Morgan fingerprint density at radius 1 is 1.56 bits per heavy atom. The number of carbonyl (C=O) groups is 2. The molecule has 1 unspecified atom stereocenters. The van der Waals surface area contributed by atoms with Crippen LogP contribution in [0, 0.1) is 5.92 Å². The highest BCUT2D eigenvalue weighted by molar-refractivity contribution is 9.10. The van der Waals surface area contributed by atoms with E-state index >= 15 is 0 Å². The summed E-state index contributed by atoms with van der Waals surface area (Å²) < 4.78 is 5.50. The molecule has 0 radical (unpaired) electrons. The van der Waals surface area contributed by atoms with Crippen molar-refractivity contribution in [1.82, 2.24) is 0 Å². The monoisotopic (exact) mass is 329 g/mol. The summed E-state index contributed by atoms with van der Waals surface area (Å²) >= 11 is 9.24. The minimum Gasteiger partial charge on any atom is -0.465 e. The molecular weight excluding hydrogens is 321 g/mol. The van der Waals surface area contributed by atoms with E-state index in [9.17, 15) is 9.59 Å². The zero-order valence-electron chi connectivity index (χ0n) is 9.44. The molecule has 1 atom stereocenters. The molecule has 0 spiro atoms. The van der Waals surface area contributed by atoms with E-state index in [1.54, 1.807) is 19.1 Å². The highest BCUT2D eigenvalue weighted by Crippen LogP contribution is 2.36. The van der Waals surface area contributed by atoms with Crippen LogP contribution in [0.15, 0.2) is 21.6 Å². The molecule has 0 aromatic heterocycles. The van der Waals surface area contributed by atoms with Crippen LogP contribution >= 0.6 is 27.5 Å². The van der Waals surface area contributed by atoms with Crippen molar-refractivity contribution in [3.63, 3.8) is 0 Å². The van der Waals surface area contributed by atoms with Crippen molar-refractivity contribution in [3.05, 3.63) is 27.2 Å². The van der Waals surface area contributed by atoms with Gasteiger partial charge in [-0.25, -0.2) is 0 Å². The Kier molecular flexibility index (Phi) is 3.82. The highest BCUT2D eigenvalue weighted by atomic mass is 79.9. The Labute approximate surface area is 117 Å². The van der Waals surface area contributed by atoms with Gasteiger partial charge in [-0.1, -0.05) is 27.5 Å². The van der Waals surface area contributed by atoms with Gasteiger partial charge in [0.2, 0.25) is 0 Å². The first-order chi connectivity index (χ1) is 8.54. The molecule has 6 heteroatoms. The quantitative estimate of drug-likeness (QED) is 0.618. The van der Waals surface area contributed by atoms with Gasteiger partial charge in [-0.05, 0) is 19.1 Å². The second kappa shape index (κ2) is 5.20. The standard InChI is InChI=1S/C12H9BrClNO3/c1-2-18-12(17)8-5-15-10-7(11(8)16)3-6(13)4-9(10)14/h3-5,8H,2H2,1H3. The van der Waals surface area contributed by atoms with E-state index in [-0.39, 0.29) is 12.4 Å². The van der Waals surface area contributed by atoms with Crippen LogP contribution in [0.5, 0.6) is 0 Å². The summed E-state index contributed by atoms with van der Waals surface area (Å²) in [5, 5.41) is 0.367. The lowest BCUT2D eigenvalue weighted by molar-refractivity contribution is -0.143. The maximum Gasteiger partial charge on any atom is 0.322 e. The summed E-state index contributed by atoms with van der Waals surface area (Å²) in [5.74, 6) is -1.92.